The number of hydrogen-bond acceptors (Lipinski definition) is 5. The lowest BCUT2D eigenvalue weighted by atomic mass is 9.70. The average molecular weight is 490 g/mol. The van der Waals surface area contributed by atoms with E-state index in [0.29, 0.717) is 32.4 Å². The van der Waals surface area contributed by atoms with Crippen LogP contribution in [0.5, 0.6) is 0 Å². The van der Waals surface area contributed by atoms with Gasteiger partial charge in [0, 0.05) is 25.7 Å². The molecule has 35 heavy (non-hydrogen) atoms. The molecule has 196 valence electrons. The number of carbonyl (C=O) groups excluding carboxylic acids is 3. The van der Waals surface area contributed by atoms with Gasteiger partial charge in [0.05, 0.1) is 30.6 Å². The molecule has 2 unspecified atom stereocenters. The Balaban J connectivity index is 2.13. The molecule has 3 fully saturated rings. The van der Waals surface area contributed by atoms with Crippen molar-refractivity contribution in [2.75, 3.05) is 26.7 Å². The predicted molar refractivity (Wildman–Crippen MR) is 134 cm³/mol. The van der Waals surface area contributed by atoms with Crippen molar-refractivity contribution in [3.8, 4) is 0 Å². The van der Waals surface area contributed by atoms with E-state index in [1.54, 1.807) is 33.9 Å². The summed E-state index contributed by atoms with van der Waals surface area (Å²) in [6, 6.07) is -1.44. The lowest BCUT2D eigenvalue weighted by molar-refractivity contribution is -0.155. The summed E-state index contributed by atoms with van der Waals surface area (Å²) < 4.78 is 6.53. The number of hydrogen-bond donors (Lipinski definition) is 1. The van der Waals surface area contributed by atoms with Crippen molar-refractivity contribution >= 4 is 17.7 Å². The van der Waals surface area contributed by atoms with Gasteiger partial charge in [0.1, 0.15) is 11.6 Å². The zero-order valence-electron chi connectivity index (χ0n) is 22.2. The molecule has 1 N–H and O–H groups in total. The molecule has 3 aliphatic heterocycles. The van der Waals surface area contributed by atoms with E-state index in [-0.39, 0.29) is 30.2 Å². The van der Waals surface area contributed by atoms with Crippen molar-refractivity contribution in [3.63, 3.8) is 0 Å². The minimum Gasteiger partial charge on any atom is -0.394 e. The Morgan fingerprint density at radius 2 is 1.86 bits per heavy atom. The van der Waals surface area contributed by atoms with Crippen LogP contribution >= 0.6 is 0 Å². The minimum atomic E-state index is -1.08. The Morgan fingerprint density at radius 3 is 2.37 bits per heavy atom. The molecule has 0 saturated carbocycles. The van der Waals surface area contributed by atoms with Gasteiger partial charge >= 0.3 is 0 Å². The second-order valence-corrected chi connectivity index (χ2v) is 11.7. The highest BCUT2D eigenvalue weighted by Gasteiger charge is 2.75. The number of amides is 3. The van der Waals surface area contributed by atoms with E-state index in [4.69, 9.17) is 4.74 Å². The predicted octanol–water partition coefficient (Wildman–Crippen LogP) is 2.23. The van der Waals surface area contributed by atoms with Crippen LogP contribution in [-0.2, 0) is 19.1 Å². The van der Waals surface area contributed by atoms with Gasteiger partial charge in [-0.25, -0.2) is 0 Å². The number of ether oxygens (including phenoxy) is 1. The standard InChI is InChI=1S/C27H43N3O5/c1-9-13-28(8)23(32)20-19-11-12-27(35-19)21(20)24(33)30(18(16-31)15-17(3)4)22(27)25(34)29(14-10-2)26(5,6)7/h9-10,17-22,31H,1-2,11-16H2,3-8H3/t18-,19-,20+,21+,22?,27?/m1/s1. The Hall–Kier alpha value is -2.19. The van der Waals surface area contributed by atoms with E-state index in [0.717, 1.165) is 0 Å². The molecule has 3 heterocycles. The largest absolute Gasteiger partial charge is 0.394 e. The third-order valence-corrected chi connectivity index (χ3v) is 7.77. The van der Waals surface area contributed by atoms with Crippen molar-refractivity contribution in [3.05, 3.63) is 25.3 Å². The molecule has 0 radical (unpaired) electrons. The third kappa shape index (κ3) is 4.55. The van der Waals surface area contributed by atoms with Crippen LogP contribution in [0.2, 0.25) is 0 Å². The summed E-state index contributed by atoms with van der Waals surface area (Å²) in [6.45, 7) is 17.9. The number of nitrogens with zero attached hydrogens (tertiary/aromatic N) is 3. The molecular formula is C27H43N3O5. The summed E-state index contributed by atoms with van der Waals surface area (Å²) in [5, 5.41) is 10.4. The molecular weight excluding hydrogens is 446 g/mol. The van der Waals surface area contributed by atoms with Crippen LogP contribution in [0.1, 0.15) is 53.9 Å². The molecule has 6 atom stereocenters. The normalized spacial score (nSPS) is 30.4. The number of aliphatic hydroxyl groups excluding tert-OH is 1. The number of rotatable bonds is 10. The number of likely N-dealkylation sites (N-methyl/N-ethyl adjacent to an activating group) is 1. The summed E-state index contributed by atoms with van der Waals surface area (Å²) in [7, 11) is 1.70. The van der Waals surface area contributed by atoms with Crippen LogP contribution in [-0.4, -0.2) is 93.6 Å². The van der Waals surface area contributed by atoms with E-state index in [2.05, 4.69) is 13.2 Å². The molecule has 3 rings (SSSR count). The molecule has 0 aromatic carbocycles. The first-order valence-corrected chi connectivity index (χ1v) is 12.7. The van der Waals surface area contributed by atoms with Gasteiger partial charge in [-0.15, -0.1) is 13.2 Å². The molecule has 3 amide bonds. The molecule has 0 aromatic rings. The fourth-order valence-corrected chi connectivity index (χ4v) is 6.37. The highest BCUT2D eigenvalue weighted by molar-refractivity contribution is 5.99. The SMILES string of the molecule is C=CCN(C)C(=O)[C@@H]1[C@H]2C(=O)N([C@@H](CO)CC(C)C)C(C(=O)N(CC=C)C(C)(C)C)C23CC[C@H]1O3. The smallest absolute Gasteiger partial charge is 0.249 e. The first-order valence-electron chi connectivity index (χ1n) is 12.7. The molecule has 1 spiro atoms. The van der Waals surface area contributed by atoms with Crippen LogP contribution in [0, 0.1) is 17.8 Å². The van der Waals surface area contributed by atoms with Gasteiger partial charge in [-0.3, -0.25) is 14.4 Å². The quantitative estimate of drug-likeness (QED) is 0.475. The Bertz CT molecular complexity index is 865. The lowest BCUT2D eigenvalue weighted by Gasteiger charge is -2.43. The van der Waals surface area contributed by atoms with Gasteiger partial charge in [0.25, 0.3) is 0 Å². The number of likely N-dealkylation sites (tertiary alicyclic amines) is 1. The first-order chi connectivity index (χ1) is 16.3. The van der Waals surface area contributed by atoms with Gasteiger partial charge in [-0.2, -0.15) is 0 Å². The van der Waals surface area contributed by atoms with E-state index in [1.165, 1.54) is 0 Å². The lowest BCUT2D eigenvalue weighted by Crippen LogP contribution is -2.61. The minimum absolute atomic E-state index is 0.161. The van der Waals surface area contributed by atoms with Crippen LogP contribution in [0.3, 0.4) is 0 Å². The third-order valence-electron chi connectivity index (χ3n) is 7.77. The molecule has 3 aliphatic rings. The molecule has 8 nitrogen and oxygen atoms in total. The Labute approximate surface area is 210 Å². The van der Waals surface area contributed by atoms with E-state index < -0.39 is 41.2 Å². The maximum atomic E-state index is 14.3. The number of carbonyl (C=O) groups is 3. The summed E-state index contributed by atoms with van der Waals surface area (Å²) in [5.74, 6) is -1.84. The van der Waals surface area contributed by atoms with Gasteiger partial charge in [0.2, 0.25) is 17.7 Å². The van der Waals surface area contributed by atoms with E-state index >= 15 is 0 Å². The second kappa shape index (κ2) is 10.1. The molecule has 0 aromatic heterocycles. The molecule has 2 bridgehead atoms. The summed E-state index contributed by atoms with van der Waals surface area (Å²) in [4.78, 5) is 46.8. The van der Waals surface area contributed by atoms with E-state index in [1.807, 2.05) is 34.6 Å². The van der Waals surface area contributed by atoms with Gasteiger partial charge in [0.15, 0.2) is 0 Å². The highest BCUT2D eigenvalue weighted by atomic mass is 16.5. The zero-order chi connectivity index (χ0) is 26.3. The van der Waals surface area contributed by atoms with Crippen molar-refractivity contribution in [1.82, 2.24) is 14.7 Å². The number of aliphatic hydroxyl groups is 1. The topological polar surface area (TPSA) is 90.4 Å². The van der Waals surface area contributed by atoms with Crippen LogP contribution in [0.15, 0.2) is 25.3 Å². The fourth-order valence-electron chi connectivity index (χ4n) is 6.37. The molecule has 8 heteroatoms. The summed E-state index contributed by atoms with van der Waals surface area (Å²) >= 11 is 0. The van der Waals surface area contributed by atoms with Crippen molar-refractivity contribution in [2.24, 2.45) is 17.8 Å². The summed E-state index contributed by atoms with van der Waals surface area (Å²) in [6.07, 6.45) is 4.62. The Morgan fingerprint density at radius 1 is 1.23 bits per heavy atom. The second-order valence-electron chi connectivity index (χ2n) is 11.7. The van der Waals surface area contributed by atoms with Crippen molar-refractivity contribution < 1.29 is 24.2 Å². The maximum absolute atomic E-state index is 14.3. The van der Waals surface area contributed by atoms with Crippen molar-refractivity contribution in [1.29, 1.82) is 0 Å². The molecule has 0 aliphatic carbocycles. The van der Waals surface area contributed by atoms with Gasteiger partial charge in [-0.1, -0.05) is 26.0 Å². The fraction of sp³-hybridized carbons (Fsp3) is 0.741. The van der Waals surface area contributed by atoms with Crippen LogP contribution in [0.25, 0.3) is 0 Å². The summed E-state index contributed by atoms with van der Waals surface area (Å²) in [5.41, 5.74) is -1.60. The van der Waals surface area contributed by atoms with Gasteiger partial charge in [-0.05, 0) is 46.0 Å². The molecule has 3 saturated heterocycles. The van der Waals surface area contributed by atoms with Gasteiger partial charge < -0.3 is 24.5 Å². The van der Waals surface area contributed by atoms with Crippen LogP contribution in [0.4, 0.5) is 0 Å². The Kier molecular flexibility index (Phi) is 7.87. The average Bonchev–Trinajstić information content (AvgIpc) is 3.41. The first kappa shape index (κ1) is 27.4. The monoisotopic (exact) mass is 489 g/mol. The van der Waals surface area contributed by atoms with E-state index in [9.17, 15) is 19.5 Å². The highest BCUT2D eigenvalue weighted by Crippen LogP contribution is 2.59. The number of fused-ring (bicyclic) bond motifs is 1. The zero-order valence-corrected chi connectivity index (χ0v) is 22.2. The maximum Gasteiger partial charge on any atom is 0.249 e. The van der Waals surface area contributed by atoms with Crippen molar-refractivity contribution in [2.45, 2.75) is 83.2 Å². The van der Waals surface area contributed by atoms with Crippen LogP contribution < -0.4 is 0 Å².